The molecule has 5 nitrogen and oxygen atoms in total. The van der Waals surface area contributed by atoms with Crippen LogP contribution in [0.5, 0.6) is 0 Å². The van der Waals surface area contributed by atoms with Crippen LogP contribution in [0.25, 0.3) is 0 Å². The lowest BCUT2D eigenvalue weighted by atomic mass is 9.83. The first-order valence-electron chi connectivity index (χ1n) is 4.86. The number of nitrogens with zero attached hydrogens (tertiary/aromatic N) is 2. The van der Waals surface area contributed by atoms with E-state index in [9.17, 15) is 4.79 Å². The number of hydrogen-bond donors (Lipinski definition) is 2. The zero-order chi connectivity index (χ0) is 10.9. The van der Waals surface area contributed by atoms with E-state index in [0.717, 1.165) is 24.3 Å². The summed E-state index contributed by atoms with van der Waals surface area (Å²) in [5.41, 5.74) is -0.0358. The number of carboxylic acids is 1. The molecule has 1 fully saturated rings. The van der Waals surface area contributed by atoms with Gasteiger partial charge in [-0.1, -0.05) is 6.92 Å². The fourth-order valence-corrected chi connectivity index (χ4v) is 3.08. The molecule has 2 heterocycles. The third-order valence-electron chi connectivity index (χ3n) is 2.84. The van der Waals surface area contributed by atoms with Crippen LogP contribution in [-0.2, 0) is 5.41 Å². The molecule has 1 aliphatic heterocycles. The highest BCUT2D eigenvalue weighted by atomic mass is 32.2. The lowest BCUT2D eigenvalue weighted by Gasteiger charge is -2.30. The molecule has 0 spiro atoms. The monoisotopic (exact) mass is 227 g/mol. The highest BCUT2D eigenvalue weighted by molar-refractivity contribution is 7.99. The first-order chi connectivity index (χ1) is 7.12. The minimum absolute atomic E-state index is 0.0358. The van der Waals surface area contributed by atoms with Crippen molar-refractivity contribution in [1.82, 2.24) is 15.2 Å². The van der Waals surface area contributed by atoms with Gasteiger partial charge in [-0.05, 0) is 24.3 Å². The van der Waals surface area contributed by atoms with Gasteiger partial charge >= 0.3 is 5.97 Å². The summed E-state index contributed by atoms with van der Waals surface area (Å²) in [6.45, 7) is 2.11. The summed E-state index contributed by atoms with van der Waals surface area (Å²) in [6, 6.07) is 0. The summed E-state index contributed by atoms with van der Waals surface area (Å²) < 4.78 is 0. The zero-order valence-electron chi connectivity index (χ0n) is 8.49. The van der Waals surface area contributed by atoms with Crippen molar-refractivity contribution in [3.63, 3.8) is 0 Å². The smallest absolute Gasteiger partial charge is 0.375 e. The summed E-state index contributed by atoms with van der Waals surface area (Å²) >= 11 is 1.93. The third kappa shape index (κ3) is 1.99. The van der Waals surface area contributed by atoms with Crippen LogP contribution in [0.15, 0.2) is 0 Å². The molecule has 6 heteroatoms. The van der Waals surface area contributed by atoms with Crippen LogP contribution < -0.4 is 0 Å². The molecule has 2 N–H and O–H groups in total. The largest absolute Gasteiger partial charge is 0.475 e. The molecule has 0 aromatic carbocycles. The van der Waals surface area contributed by atoms with Gasteiger partial charge in [0, 0.05) is 5.41 Å². The molecule has 0 unspecified atom stereocenters. The van der Waals surface area contributed by atoms with Crippen LogP contribution in [0.2, 0.25) is 0 Å². The maximum Gasteiger partial charge on any atom is 0.375 e. The van der Waals surface area contributed by atoms with Gasteiger partial charge in [0.1, 0.15) is 5.82 Å². The van der Waals surface area contributed by atoms with E-state index < -0.39 is 5.97 Å². The molecule has 82 valence electrons. The molecular formula is C9H13N3O2S. The number of carboxylic acid groups (broad SMARTS) is 1. The van der Waals surface area contributed by atoms with Crippen molar-refractivity contribution in [1.29, 1.82) is 0 Å². The van der Waals surface area contributed by atoms with E-state index in [1.165, 1.54) is 0 Å². The fraction of sp³-hybridized carbons (Fsp3) is 0.667. The van der Waals surface area contributed by atoms with Gasteiger partial charge in [0.2, 0.25) is 0 Å². The number of thioether (sulfide) groups is 1. The molecule has 0 saturated carbocycles. The molecule has 1 aromatic rings. The molecule has 0 aliphatic carbocycles. The standard InChI is InChI=1S/C9H13N3O2S/c1-9(2-4-15-5-3-9)8-10-6(7(13)14)11-12-8/h2-5H2,1H3,(H,13,14)(H,10,11,12). The van der Waals surface area contributed by atoms with Crippen LogP contribution in [-0.4, -0.2) is 37.8 Å². The summed E-state index contributed by atoms with van der Waals surface area (Å²) in [5.74, 6) is 1.69. The molecule has 1 aromatic heterocycles. The first kappa shape index (κ1) is 10.5. The highest BCUT2D eigenvalue weighted by Gasteiger charge is 2.32. The van der Waals surface area contributed by atoms with Crippen molar-refractivity contribution < 1.29 is 9.90 Å². The third-order valence-corrected chi connectivity index (χ3v) is 3.83. The summed E-state index contributed by atoms with van der Waals surface area (Å²) in [4.78, 5) is 14.7. The van der Waals surface area contributed by atoms with Crippen molar-refractivity contribution in [3.8, 4) is 0 Å². The maximum atomic E-state index is 10.7. The van der Waals surface area contributed by atoms with Gasteiger partial charge in [0.15, 0.2) is 0 Å². The fourth-order valence-electron chi connectivity index (χ4n) is 1.69. The van der Waals surface area contributed by atoms with Crippen LogP contribution in [0.3, 0.4) is 0 Å². The number of aromatic nitrogens is 3. The Morgan fingerprint density at radius 1 is 1.53 bits per heavy atom. The quantitative estimate of drug-likeness (QED) is 0.795. The second-order valence-electron chi connectivity index (χ2n) is 3.99. The summed E-state index contributed by atoms with van der Waals surface area (Å²) in [5, 5.41) is 15.2. The van der Waals surface area contributed by atoms with Crippen LogP contribution >= 0.6 is 11.8 Å². The normalized spacial score (nSPS) is 20.1. The average Bonchev–Trinajstić information content (AvgIpc) is 2.68. The Hall–Kier alpha value is -1.04. The molecule has 0 atom stereocenters. The Bertz CT molecular complexity index is 371. The lowest BCUT2D eigenvalue weighted by Crippen LogP contribution is -2.28. The number of nitrogens with one attached hydrogen (secondary N) is 1. The number of rotatable bonds is 2. The Morgan fingerprint density at radius 3 is 2.73 bits per heavy atom. The van der Waals surface area contributed by atoms with E-state index in [4.69, 9.17) is 5.11 Å². The predicted molar refractivity (Wildman–Crippen MR) is 57.3 cm³/mol. The molecule has 0 radical (unpaired) electrons. The highest BCUT2D eigenvalue weighted by Crippen LogP contribution is 2.35. The Kier molecular flexibility index (Phi) is 2.68. The van der Waals surface area contributed by atoms with Crippen molar-refractivity contribution in [2.45, 2.75) is 25.2 Å². The Morgan fingerprint density at radius 2 is 2.20 bits per heavy atom. The van der Waals surface area contributed by atoms with Gasteiger partial charge in [-0.25, -0.2) is 9.78 Å². The SMILES string of the molecule is CC1(c2nc(C(=O)O)n[nH]2)CCSCC1. The maximum absolute atomic E-state index is 10.7. The van der Waals surface area contributed by atoms with E-state index in [1.807, 2.05) is 11.8 Å². The van der Waals surface area contributed by atoms with Gasteiger partial charge in [-0.15, -0.1) is 5.10 Å². The van der Waals surface area contributed by atoms with Gasteiger partial charge < -0.3 is 5.11 Å². The predicted octanol–water partition coefficient (Wildman–Crippen LogP) is 1.29. The topological polar surface area (TPSA) is 78.9 Å². The Labute approximate surface area is 91.7 Å². The molecule has 0 amide bonds. The first-order valence-corrected chi connectivity index (χ1v) is 6.01. The lowest BCUT2D eigenvalue weighted by molar-refractivity contribution is 0.0684. The number of aromatic carboxylic acids is 1. The van der Waals surface area contributed by atoms with Gasteiger partial charge in [-0.3, -0.25) is 5.10 Å². The molecular weight excluding hydrogens is 214 g/mol. The van der Waals surface area contributed by atoms with Crippen LogP contribution in [0.1, 0.15) is 36.2 Å². The van der Waals surface area contributed by atoms with E-state index in [-0.39, 0.29) is 11.2 Å². The van der Waals surface area contributed by atoms with E-state index in [0.29, 0.717) is 5.82 Å². The minimum Gasteiger partial charge on any atom is -0.475 e. The van der Waals surface area contributed by atoms with Crippen molar-refractivity contribution in [2.24, 2.45) is 0 Å². The Balaban J connectivity index is 2.23. The zero-order valence-corrected chi connectivity index (χ0v) is 9.30. The average molecular weight is 227 g/mol. The number of hydrogen-bond acceptors (Lipinski definition) is 4. The van der Waals surface area contributed by atoms with E-state index in [2.05, 4.69) is 22.1 Å². The van der Waals surface area contributed by atoms with Gasteiger partial charge in [-0.2, -0.15) is 11.8 Å². The van der Waals surface area contributed by atoms with Crippen LogP contribution in [0, 0.1) is 0 Å². The van der Waals surface area contributed by atoms with Gasteiger partial charge in [0.25, 0.3) is 5.82 Å². The molecule has 1 saturated heterocycles. The minimum atomic E-state index is -1.08. The number of aromatic amines is 1. The number of carbonyl (C=O) groups is 1. The van der Waals surface area contributed by atoms with Crippen LogP contribution in [0.4, 0.5) is 0 Å². The second kappa shape index (κ2) is 3.84. The number of H-pyrrole nitrogens is 1. The van der Waals surface area contributed by atoms with Crippen molar-refractivity contribution in [3.05, 3.63) is 11.6 Å². The van der Waals surface area contributed by atoms with Gasteiger partial charge in [0.05, 0.1) is 0 Å². The second-order valence-corrected chi connectivity index (χ2v) is 5.21. The molecule has 0 bridgehead atoms. The van der Waals surface area contributed by atoms with Crippen molar-refractivity contribution in [2.75, 3.05) is 11.5 Å². The summed E-state index contributed by atoms with van der Waals surface area (Å²) in [6.07, 6.45) is 2.04. The summed E-state index contributed by atoms with van der Waals surface area (Å²) in [7, 11) is 0. The van der Waals surface area contributed by atoms with Crippen molar-refractivity contribution >= 4 is 17.7 Å². The molecule has 1 aliphatic rings. The molecule has 2 rings (SSSR count). The van der Waals surface area contributed by atoms with E-state index >= 15 is 0 Å². The molecule has 15 heavy (non-hydrogen) atoms. The van der Waals surface area contributed by atoms with E-state index in [1.54, 1.807) is 0 Å².